The van der Waals surface area contributed by atoms with Gasteiger partial charge >= 0.3 is 0 Å². The SMILES string of the molecule is CNC(=O)c1nnc(NC(=O)C2CC2)cc1Nc1cccc(-c2cnc(C(C)(O)CF)cn2)c1OC. The van der Waals surface area contributed by atoms with Crippen molar-refractivity contribution in [1.82, 2.24) is 25.5 Å². The van der Waals surface area contributed by atoms with Gasteiger partial charge in [0.25, 0.3) is 5.91 Å². The maximum atomic E-state index is 13.1. The lowest BCUT2D eigenvalue weighted by Crippen LogP contribution is -2.25. The Morgan fingerprint density at radius 1 is 1.19 bits per heavy atom. The number of nitrogens with one attached hydrogen (secondary N) is 3. The van der Waals surface area contributed by atoms with Crippen LogP contribution in [0.5, 0.6) is 5.75 Å². The zero-order valence-corrected chi connectivity index (χ0v) is 20.0. The summed E-state index contributed by atoms with van der Waals surface area (Å²) >= 11 is 0. The van der Waals surface area contributed by atoms with Gasteiger partial charge in [-0.15, -0.1) is 10.2 Å². The first-order valence-electron chi connectivity index (χ1n) is 11.2. The van der Waals surface area contributed by atoms with E-state index in [-0.39, 0.29) is 29.0 Å². The first-order valence-corrected chi connectivity index (χ1v) is 11.2. The minimum Gasteiger partial charge on any atom is -0.494 e. The van der Waals surface area contributed by atoms with Crippen LogP contribution in [0.3, 0.4) is 0 Å². The van der Waals surface area contributed by atoms with E-state index in [2.05, 4.69) is 36.1 Å². The van der Waals surface area contributed by atoms with Crippen molar-refractivity contribution >= 4 is 29.0 Å². The van der Waals surface area contributed by atoms with Crippen molar-refractivity contribution in [1.29, 1.82) is 0 Å². The number of anilines is 3. The van der Waals surface area contributed by atoms with E-state index < -0.39 is 18.2 Å². The number of carbonyl (C=O) groups is 2. The highest BCUT2D eigenvalue weighted by Gasteiger charge is 2.30. The van der Waals surface area contributed by atoms with Gasteiger partial charge in [0, 0.05) is 24.6 Å². The van der Waals surface area contributed by atoms with Gasteiger partial charge in [-0.3, -0.25) is 19.6 Å². The van der Waals surface area contributed by atoms with Gasteiger partial charge in [-0.2, -0.15) is 0 Å². The molecule has 1 aromatic carbocycles. The van der Waals surface area contributed by atoms with Crippen molar-refractivity contribution < 1.29 is 23.8 Å². The molecule has 1 aliphatic rings. The second-order valence-electron chi connectivity index (χ2n) is 8.54. The average molecular weight is 496 g/mol. The average Bonchev–Trinajstić information content (AvgIpc) is 3.74. The van der Waals surface area contributed by atoms with Gasteiger partial charge in [0.2, 0.25) is 5.91 Å². The molecule has 11 nitrogen and oxygen atoms in total. The van der Waals surface area contributed by atoms with Crippen LogP contribution >= 0.6 is 0 Å². The summed E-state index contributed by atoms with van der Waals surface area (Å²) in [6.45, 7) is 0.316. The Hall–Kier alpha value is -4.19. The second kappa shape index (κ2) is 10.2. The normalized spacial score (nSPS) is 14.5. The third-order valence-corrected chi connectivity index (χ3v) is 5.66. The van der Waals surface area contributed by atoms with Gasteiger partial charge in [0.1, 0.15) is 12.3 Å². The van der Waals surface area contributed by atoms with Crippen LogP contribution in [0.4, 0.5) is 21.6 Å². The Bertz CT molecular complexity index is 1280. The van der Waals surface area contributed by atoms with E-state index in [1.165, 1.54) is 39.5 Å². The van der Waals surface area contributed by atoms with Crippen LogP contribution in [0.15, 0.2) is 36.7 Å². The molecule has 12 heteroatoms. The number of aromatic nitrogens is 4. The van der Waals surface area contributed by atoms with Gasteiger partial charge < -0.3 is 25.8 Å². The van der Waals surface area contributed by atoms with E-state index in [0.29, 0.717) is 28.4 Å². The van der Waals surface area contributed by atoms with Crippen LogP contribution in [0.25, 0.3) is 11.3 Å². The van der Waals surface area contributed by atoms with Gasteiger partial charge in [-0.1, -0.05) is 6.07 Å². The van der Waals surface area contributed by atoms with E-state index in [1.807, 2.05) is 0 Å². The Kier molecular flexibility index (Phi) is 7.06. The summed E-state index contributed by atoms with van der Waals surface area (Å²) in [5.74, 6) is -0.0453. The van der Waals surface area contributed by atoms with Crippen LogP contribution in [0, 0.1) is 5.92 Å². The molecule has 1 aliphatic carbocycles. The number of hydrogen-bond acceptors (Lipinski definition) is 9. The van der Waals surface area contributed by atoms with E-state index in [4.69, 9.17) is 4.74 Å². The van der Waals surface area contributed by atoms with Crippen LogP contribution in [-0.2, 0) is 10.4 Å². The van der Waals surface area contributed by atoms with Gasteiger partial charge in [0.15, 0.2) is 17.3 Å². The van der Waals surface area contributed by atoms with E-state index in [1.54, 1.807) is 18.2 Å². The third kappa shape index (κ3) is 5.23. The fraction of sp³-hybridized carbons (Fsp3) is 0.333. The predicted molar refractivity (Wildman–Crippen MR) is 130 cm³/mol. The number of nitrogens with zero attached hydrogens (tertiary/aromatic N) is 4. The Morgan fingerprint density at radius 3 is 2.58 bits per heavy atom. The minimum absolute atomic E-state index is 0.0203. The molecular weight excluding hydrogens is 469 g/mol. The number of halogens is 1. The highest BCUT2D eigenvalue weighted by Crippen LogP contribution is 2.38. The Labute approximate surface area is 206 Å². The molecule has 2 heterocycles. The molecule has 1 unspecified atom stereocenters. The molecule has 0 bridgehead atoms. The lowest BCUT2D eigenvalue weighted by Gasteiger charge is -2.19. The summed E-state index contributed by atoms with van der Waals surface area (Å²) in [4.78, 5) is 33.1. The maximum absolute atomic E-state index is 13.1. The summed E-state index contributed by atoms with van der Waals surface area (Å²) in [7, 11) is 2.95. The topological polar surface area (TPSA) is 151 Å². The lowest BCUT2D eigenvalue weighted by atomic mass is 10.0. The van der Waals surface area contributed by atoms with Crippen LogP contribution in [0.2, 0.25) is 0 Å². The highest BCUT2D eigenvalue weighted by molar-refractivity contribution is 6.00. The van der Waals surface area contributed by atoms with Crippen molar-refractivity contribution in [3.63, 3.8) is 0 Å². The summed E-state index contributed by atoms with van der Waals surface area (Å²) in [6.07, 6.45) is 4.38. The smallest absolute Gasteiger partial charge is 0.273 e. The molecular formula is C24H26FN7O4. The van der Waals surface area contributed by atoms with Gasteiger partial charge in [0.05, 0.1) is 42.3 Å². The number of amides is 2. The van der Waals surface area contributed by atoms with Crippen molar-refractivity contribution in [3.8, 4) is 17.0 Å². The second-order valence-corrected chi connectivity index (χ2v) is 8.54. The lowest BCUT2D eigenvalue weighted by molar-refractivity contribution is -0.117. The van der Waals surface area contributed by atoms with Crippen molar-refractivity contribution in [2.45, 2.75) is 25.4 Å². The summed E-state index contributed by atoms with van der Waals surface area (Å²) < 4.78 is 18.7. The number of para-hydroxylation sites is 1. The zero-order chi connectivity index (χ0) is 25.9. The van der Waals surface area contributed by atoms with Crippen LogP contribution < -0.4 is 20.7 Å². The van der Waals surface area contributed by atoms with Gasteiger partial charge in [-0.25, -0.2) is 4.39 Å². The number of aliphatic hydroxyl groups is 1. The number of benzene rings is 1. The highest BCUT2D eigenvalue weighted by atomic mass is 19.1. The third-order valence-electron chi connectivity index (χ3n) is 5.66. The number of methoxy groups -OCH3 is 1. The molecule has 36 heavy (non-hydrogen) atoms. The van der Waals surface area contributed by atoms with E-state index in [0.717, 1.165) is 12.8 Å². The fourth-order valence-corrected chi connectivity index (χ4v) is 3.42. The molecule has 0 spiro atoms. The Balaban J connectivity index is 1.69. The van der Waals surface area contributed by atoms with Gasteiger partial charge in [-0.05, 0) is 31.9 Å². The van der Waals surface area contributed by atoms with Crippen molar-refractivity contribution in [2.24, 2.45) is 5.92 Å². The summed E-state index contributed by atoms with van der Waals surface area (Å²) in [6, 6.07) is 6.76. The predicted octanol–water partition coefficient (Wildman–Crippen LogP) is 2.57. The maximum Gasteiger partial charge on any atom is 0.273 e. The monoisotopic (exact) mass is 495 g/mol. The molecule has 0 radical (unpaired) electrons. The quantitative estimate of drug-likeness (QED) is 0.351. The molecule has 1 atom stereocenters. The molecule has 4 N–H and O–H groups in total. The largest absolute Gasteiger partial charge is 0.494 e. The first-order chi connectivity index (χ1) is 17.3. The molecule has 2 amide bonds. The summed E-state index contributed by atoms with van der Waals surface area (Å²) in [5, 5.41) is 26.4. The van der Waals surface area contributed by atoms with Crippen LogP contribution in [-0.4, -0.2) is 57.9 Å². The molecule has 188 valence electrons. The molecule has 1 saturated carbocycles. The standard InChI is InChI=1S/C24H26FN7O4/c1-24(35,12-25)18-11-27-17(10-28-18)14-5-4-6-15(21(14)36-3)29-16-9-19(30-22(33)13-7-8-13)31-32-20(16)23(34)26-2/h4-6,9-11,13,35H,7-8,12H2,1-3H3,(H,26,34)(H2,29,30,31,33). The molecule has 1 fully saturated rings. The Morgan fingerprint density at radius 2 is 1.97 bits per heavy atom. The summed E-state index contributed by atoms with van der Waals surface area (Å²) in [5.41, 5.74) is 0.141. The number of alkyl halides is 1. The fourth-order valence-electron chi connectivity index (χ4n) is 3.42. The molecule has 0 saturated heterocycles. The van der Waals surface area contributed by atoms with E-state index in [9.17, 15) is 19.1 Å². The molecule has 4 rings (SSSR count). The zero-order valence-electron chi connectivity index (χ0n) is 20.0. The number of rotatable bonds is 9. The van der Waals surface area contributed by atoms with Crippen LogP contribution in [0.1, 0.15) is 35.9 Å². The molecule has 3 aromatic rings. The number of hydrogen-bond donors (Lipinski definition) is 4. The first kappa shape index (κ1) is 24.9. The molecule has 0 aliphatic heterocycles. The van der Waals surface area contributed by atoms with E-state index >= 15 is 0 Å². The van der Waals surface area contributed by atoms with Crippen molar-refractivity contribution in [2.75, 3.05) is 31.5 Å². The number of carbonyl (C=O) groups excluding carboxylic acids is 2. The molecule has 2 aromatic heterocycles. The number of ether oxygens (including phenoxy) is 1. The van der Waals surface area contributed by atoms with Crippen molar-refractivity contribution in [3.05, 3.63) is 48.0 Å². The minimum atomic E-state index is -1.74.